The van der Waals surface area contributed by atoms with Crippen molar-refractivity contribution in [3.05, 3.63) is 47.3 Å². The Labute approximate surface area is 171 Å². The van der Waals surface area contributed by atoms with E-state index in [9.17, 15) is 13.2 Å². The zero-order valence-corrected chi connectivity index (χ0v) is 17.7. The van der Waals surface area contributed by atoms with Crippen LogP contribution >= 0.6 is 0 Å². The molecule has 9 heteroatoms. The molecule has 0 saturated carbocycles. The van der Waals surface area contributed by atoms with Crippen LogP contribution in [0.2, 0.25) is 0 Å². The molecule has 8 nitrogen and oxygen atoms in total. The maximum absolute atomic E-state index is 12.8. The first-order valence-corrected chi connectivity index (χ1v) is 11.4. The van der Waals surface area contributed by atoms with Crippen molar-refractivity contribution in [1.29, 1.82) is 0 Å². The third-order valence-electron chi connectivity index (χ3n) is 5.86. The minimum Gasteiger partial charge on any atom is -0.331 e. The summed E-state index contributed by atoms with van der Waals surface area (Å²) in [5.74, 6) is 0. The number of rotatable bonds is 3. The number of sulfonamides is 1. The average Bonchev–Trinajstić information content (AvgIpc) is 3.10. The van der Waals surface area contributed by atoms with E-state index in [4.69, 9.17) is 0 Å². The Bertz CT molecular complexity index is 992. The van der Waals surface area contributed by atoms with Crippen molar-refractivity contribution in [3.8, 4) is 0 Å². The third kappa shape index (κ3) is 3.89. The van der Waals surface area contributed by atoms with Crippen LogP contribution in [0, 0.1) is 6.92 Å². The fraction of sp³-hybridized carbons (Fsp3) is 0.500. The Morgan fingerprint density at radius 3 is 2.52 bits per heavy atom. The van der Waals surface area contributed by atoms with Crippen molar-refractivity contribution in [2.75, 3.05) is 26.2 Å². The number of nitrogens with zero attached hydrogens (tertiary/aromatic N) is 4. The molecule has 0 bridgehead atoms. The van der Waals surface area contributed by atoms with Crippen LogP contribution in [0.4, 0.5) is 4.79 Å². The average molecular weight is 418 g/mol. The van der Waals surface area contributed by atoms with Crippen LogP contribution in [0.25, 0.3) is 0 Å². The summed E-state index contributed by atoms with van der Waals surface area (Å²) in [4.78, 5) is 14.8. The lowest BCUT2D eigenvalue weighted by molar-refractivity contribution is 0.168. The van der Waals surface area contributed by atoms with Gasteiger partial charge < -0.3 is 10.2 Å². The number of hydrogen-bond donors (Lipinski definition) is 1. The highest BCUT2D eigenvalue weighted by molar-refractivity contribution is 7.89. The predicted octanol–water partition coefficient (Wildman–Crippen LogP) is 1.82. The van der Waals surface area contributed by atoms with Gasteiger partial charge in [-0.3, -0.25) is 4.68 Å². The van der Waals surface area contributed by atoms with E-state index in [0.29, 0.717) is 31.1 Å². The molecule has 2 amide bonds. The Balaban J connectivity index is 1.37. The molecule has 0 spiro atoms. The van der Waals surface area contributed by atoms with Gasteiger partial charge in [-0.05, 0) is 38.3 Å². The number of amides is 2. The van der Waals surface area contributed by atoms with E-state index in [0.717, 1.165) is 30.4 Å². The molecule has 0 radical (unpaired) electrons. The van der Waals surface area contributed by atoms with Gasteiger partial charge in [0, 0.05) is 44.5 Å². The second-order valence-electron chi connectivity index (χ2n) is 7.77. The first-order chi connectivity index (χ1) is 13.9. The number of benzene rings is 1. The van der Waals surface area contributed by atoms with E-state index in [1.165, 1.54) is 10.00 Å². The number of fused-ring (bicyclic) bond motifs is 1. The van der Waals surface area contributed by atoms with Crippen LogP contribution in [0.15, 0.2) is 35.4 Å². The lowest BCUT2D eigenvalue weighted by Crippen LogP contribution is -2.53. The highest BCUT2D eigenvalue weighted by Crippen LogP contribution is 2.29. The lowest BCUT2D eigenvalue weighted by atomic mass is 9.93. The zero-order chi connectivity index (χ0) is 20.6. The second-order valence-corrected chi connectivity index (χ2v) is 9.71. The van der Waals surface area contributed by atoms with Gasteiger partial charge in [0.05, 0.1) is 17.1 Å². The summed E-state index contributed by atoms with van der Waals surface area (Å²) in [5, 5.41) is 7.43. The van der Waals surface area contributed by atoms with Gasteiger partial charge in [-0.2, -0.15) is 9.40 Å². The summed E-state index contributed by atoms with van der Waals surface area (Å²) >= 11 is 0. The summed E-state index contributed by atoms with van der Waals surface area (Å²) in [6.45, 7) is 3.28. The molecular formula is C20H27N5O3S. The fourth-order valence-corrected chi connectivity index (χ4v) is 5.51. The van der Waals surface area contributed by atoms with E-state index >= 15 is 0 Å². The molecule has 1 fully saturated rings. The molecule has 2 heterocycles. The molecule has 1 unspecified atom stereocenters. The Hall–Kier alpha value is -2.39. The molecule has 29 heavy (non-hydrogen) atoms. The van der Waals surface area contributed by atoms with Crippen LogP contribution in [0.3, 0.4) is 0 Å². The number of piperazine rings is 1. The molecule has 1 aliphatic heterocycles. The smallest absolute Gasteiger partial charge is 0.317 e. The van der Waals surface area contributed by atoms with Crippen molar-refractivity contribution >= 4 is 16.1 Å². The van der Waals surface area contributed by atoms with Crippen LogP contribution in [0.1, 0.15) is 35.7 Å². The molecule has 2 aliphatic rings. The summed E-state index contributed by atoms with van der Waals surface area (Å²) in [6.07, 6.45) is 4.73. The minimum absolute atomic E-state index is 0.0331. The molecule has 1 aromatic heterocycles. The Morgan fingerprint density at radius 1 is 1.14 bits per heavy atom. The molecule has 156 valence electrons. The summed E-state index contributed by atoms with van der Waals surface area (Å²) in [6, 6.07) is 6.70. The second kappa shape index (κ2) is 7.79. The van der Waals surface area contributed by atoms with Crippen LogP contribution in [-0.2, 0) is 23.5 Å². The number of carbonyl (C=O) groups excluding carboxylic acids is 1. The number of hydrogen-bond acceptors (Lipinski definition) is 4. The van der Waals surface area contributed by atoms with Gasteiger partial charge in [-0.1, -0.05) is 17.7 Å². The monoisotopic (exact) mass is 417 g/mol. The largest absolute Gasteiger partial charge is 0.331 e. The molecule has 1 saturated heterocycles. The van der Waals surface area contributed by atoms with E-state index in [1.807, 2.05) is 24.9 Å². The summed E-state index contributed by atoms with van der Waals surface area (Å²) in [5.41, 5.74) is 3.29. The van der Waals surface area contributed by atoms with Gasteiger partial charge >= 0.3 is 6.03 Å². The van der Waals surface area contributed by atoms with E-state index in [-0.39, 0.29) is 12.1 Å². The van der Waals surface area contributed by atoms with Crippen LogP contribution in [-0.4, -0.2) is 59.6 Å². The van der Waals surface area contributed by atoms with Gasteiger partial charge in [0.1, 0.15) is 0 Å². The number of aromatic nitrogens is 2. The molecule has 4 rings (SSSR count). The van der Waals surface area contributed by atoms with E-state index in [1.54, 1.807) is 29.2 Å². The molecule has 2 aromatic rings. The number of urea groups is 1. The third-order valence-corrected chi connectivity index (χ3v) is 7.77. The van der Waals surface area contributed by atoms with Crippen molar-refractivity contribution in [1.82, 2.24) is 24.3 Å². The first-order valence-electron chi connectivity index (χ1n) is 9.99. The molecule has 1 aliphatic carbocycles. The van der Waals surface area contributed by atoms with Gasteiger partial charge in [-0.15, -0.1) is 0 Å². The SMILES string of the molecule is Cc1ccc(S(=O)(=O)N2CCN(C(=O)NC3CCCc4c3cnn4C)CC2)cc1. The maximum atomic E-state index is 12.8. The van der Waals surface area contributed by atoms with E-state index in [2.05, 4.69) is 10.4 Å². The summed E-state index contributed by atoms with van der Waals surface area (Å²) < 4.78 is 29.0. The van der Waals surface area contributed by atoms with Gasteiger partial charge in [0.15, 0.2) is 0 Å². The molecule has 1 atom stereocenters. The Kier molecular flexibility index (Phi) is 5.35. The van der Waals surface area contributed by atoms with Crippen LogP contribution < -0.4 is 5.32 Å². The van der Waals surface area contributed by atoms with E-state index < -0.39 is 10.0 Å². The number of aryl methyl sites for hydroxylation is 2. The molecule has 1 N–H and O–H groups in total. The van der Waals surface area contributed by atoms with Gasteiger partial charge in [0.2, 0.25) is 10.0 Å². The van der Waals surface area contributed by atoms with Gasteiger partial charge in [-0.25, -0.2) is 13.2 Å². The maximum Gasteiger partial charge on any atom is 0.317 e. The molecule has 1 aromatic carbocycles. The van der Waals surface area contributed by atoms with Gasteiger partial charge in [0.25, 0.3) is 0 Å². The summed E-state index contributed by atoms with van der Waals surface area (Å²) in [7, 11) is -1.60. The number of nitrogens with one attached hydrogen (secondary N) is 1. The minimum atomic E-state index is -3.53. The topological polar surface area (TPSA) is 87.5 Å². The Morgan fingerprint density at radius 2 is 1.83 bits per heavy atom. The standard InChI is InChI=1S/C20H27N5O3S/c1-15-6-8-16(9-7-15)29(27,28)25-12-10-24(11-13-25)20(26)22-18-4-3-5-19-17(18)14-21-23(19)2/h6-9,14,18H,3-5,10-13H2,1-2H3,(H,22,26). The number of carbonyl (C=O) groups is 1. The lowest BCUT2D eigenvalue weighted by Gasteiger charge is -2.35. The van der Waals surface area contributed by atoms with Crippen molar-refractivity contribution in [3.63, 3.8) is 0 Å². The highest BCUT2D eigenvalue weighted by atomic mass is 32.2. The highest BCUT2D eigenvalue weighted by Gasteiger charge is 2.32. The fourth-order valence-electron chi connectivity index (χ4n) is 4.09. The molecular weight excluding hydrogens is 390 g/mol. The quantitative estimate of drug-likeness (QED) is 0.825. The zero-order valence-electron chi connectivity index (χ0n) is 16.8. The van der Waals surface area contributed by atoms with Crippen LogP contribution in [0.5, 0.6) is 0 Å². The normalized spacial score (nSPS) is 20.3. The van der Waals surface area contributed by atoms with Crippen molar-refractivity contribution in [2.45, 2.75) is 37.1 Å². The predicted molar refractivity (Wildman–Crippen MR) is 109 cm³/mol. The first kappa shape index (κ1) is 19.9. The van der Waals surface area contributed by atoms with Crippen molar-refractivity contribution in [2.24, 2.45) is 7.05 Å². The van der Waals surface area contributed by atoms with Crippen molar-refractivity contribution < 1.29 is 13.2 Å².